The minimum atomic E-state index is -1.08. The van der Waals surface area contributed by atoms with E-state index in [0.29, 0.717) is 16.3 Å². The van der Waals surface area contributed by atoms with Gasteiger partial charge < -0.3 is 9.84 Å². The summed E-state index contributed by atoms with van der Waals surface area (Å²) in [5.74, 6) is -1.40. The van der Waals surface area contributed by atoms with Crippen molar-refractivity contribution in [3.8, 4) is 5.75 Å². The van der Waals surface area contributed by atoms with Gasteiger partial charge in [-0.3, -0.25) is 9.59 Å². The van der Waals surface area contributed by atoms with E-state index in [1.165, 1.54) is 19.2 Å². The summed E-state index contributed by atoms with van der Waals surface area (Å²) in [7, 11) is 1.47. The van der Waals surface area contributed by atoms with Gasteiger partial charge >= 0.3 is 5.97 Å². The third kappa shape index (κ3) is 3.40. The number of thioether (sulfide) groups is 1. The number of carbonyl (C=O) groups excluding carboxylic acids is 2. The van der Waals surface area contributed by atoms with Gasteiger partial charge in [0.15, 0.2) is 0 Å². The molecule has 1 N–H and O–H groups in total. The Balaban J connectivity index is 1.86. The first-order valence-electron chi connectivity index (χ1n) is 7.61. The summed E-state index contributed by atoms with van der Waals surface area (Å²) in [6, 6.07) is 11.1. The molecule has 1 fully saturated rings. The lowest BCUT2D eigenvalue weighted by atomic mass is 10.2. The molecule has 2 aromatic rings. The maximum absolute atomic E-state index is 12.7. The maximum Gasteiger partial charge on any atom is 0.336 e. The van der Waals surface area contributed by atoms with Gasteiger partial charge in [-0.15, -0.1) is 11.8 Å². The van der Waals surface area contributed by atoms with Crippen molar-refractivity contribution in [2.24, 2.45) is 0 Å². The summed E-state index contributed by atoms with van der Waals surface area (Å²) in [4.78, 5) is 37.9. The number of halogens is 1. The van der Waals surface area contributed by atoms with E-state index in [0.717, 1.165) is 16.7 Å². The fourth-order valence-electron chi connectivity index (χ4n) is 2.66. The highest BCUT2D eigenvalue weighted by molar-refractivity contribution is 8.00. The summed E-state index contributed by atoms with van der Waals surface area (Å²) in [5, 5.41) is 8.86. The Hall–Kier alpha value is -2.51. The highest BCUT2D eigenvalue weighted by Crippen LogP contribution is 2.37. The van der Waals surface area contributed by atoms with Gasteiger partial charge in [0.25, 0.3) is 0 Å². The Bertz CT molecular complexity index is 901. The third-order valence-corrected chi connectivity index (χ3v) is 5.44. The molecule has 1 atom stereocenters. The number of imide groups is 1. The standard InChI is InChI=1S/C18H14ClNO5S/c1-25-13-7-6-10(8-12(13)19)20-16(21)9-15(17(20)22)26-14-5-3-2-4-11(14)18(23)24/h2-8,15H,9H2,1H3,(H,23,24)/t15-/m1/s1. The van der Waals surface area contributed by atoms with E-state index in [4.69, 9.17) is 16.3 Å². The van der Waals surface area contributed by atoms with Crippen LogP contribution in [0.4, 0.5) is 5.69 Å². The van der Waals surface area contributed by atoms with Crippen LogP contribution in [0.25, 0.3) is 0 Å². The van der Waals surface area contributed by atoms with E-state index < -0.39 is 17.1 Å². The van der Waals surface area contributed by atoms with Gasteiger partial charge in [-0.05, 0) is 30.3 Å². The van der Waals surface area contributed by atoms with Crippen LogP contribution in [-0.2, 0) is 9.59 Å². The van der Waals surface area contributed by atoms with Gasteiger partial charge in [0.05, 0.1) is 28.6 Å². The van der Waals surface area contributed by atoms with Gasteiger partial charge in [-0.25, -0.2) is 9.69 Å². The molecule has 0 aliphatic carbocycles. The first-order valence-corrected chi connectivity index (χ1v) is 8.87. The second-order valence-electron chi connectivity index (χ2n) is 5.50. The number of methoxy groups -OCH3 is 1. The predicted molar refractivity (Wildman–Crippen MR) is 98.2 cm³/mol. The number of aromatic carboxylic acids is 1. The Morgan fingerprint density at radius 1 is 1.27 bits per heavy atom. The molecular formula is C18H14ClNO5S. The summed E-state index contributed by atoms with van der Waals surface area (Å²) < 4.78 is 5.07. The number of anilines is 1. The van der Waals surface area contributed by atoms with Crippen molar-refractivity contribution < 1.29 is 24.2 Å². The molecule has 1 saturated heterocycles. The van der Waals surface area contributed by atoms with Crippen molar-refractivity contribution in [3.05, 3.63) is 53.1 Å². The van der Waals surface area contributed by atoms with Gasteiger partial charge in [0.1, 0.15) is 5.75 Å². The predicted octanol–water partition coefficient (Wildman–Crippen LogP) is 3.47. The molecule has 8 heteroatoms. The van der Waals surface area contributed by atoms with Crippen molar-refractivity contribution in [1.29, 1.82) is 0 Å². The highest BCUT2D eigenvalue weighted by Gasteiger charge is 2.40. The van der Waals surface area contributed by atoms with E-state index in [9.17, 15) is 19.5 Å². The van der Waals surface area contributed by atoms with Crippen LogP contribution in [0, 0.1) is 0 Å². The number of benzene rings is 2. The summed E-state index contributed by atoms with van der Waals surface area (Å²) in [5.41, 5.74) is 0.462. The summed E-state index contributed by atoms with van der Waals surface area (Å²) >= 11 is 7.16. The Kier molecular flexibility index (Phi) is 5.20. The molecule has 1 aliphatic rings. The van der Waals surface area contributed by atoms with E-state index in [1.54, 1.807) is 30.3 Å². The van der Waals surface area contributed by atoms with Crippen LogP contribution in [0.5, 0.6) is 5.75 Å². The number of amides is 2. The monoisotopic (exact) mass is 391 g/mol. The Morgan fingerprint density at radius 3 is 2.65 bits per heavy atom. The highest BCUT2D eigenvalue weighted by atomic mass is 35.5. The normalized spacial score (nSPS) is 16.8. The first kappa shape index (κ1) is 18.3. The summed E-state index contributed by atoms with van der Waals surface area (Å²) in [6.45, 7) is 0. The lowest BCUT2D eigenvalue weighted by molar-refractivity contribution is -0.121. The molecule has 0 bridgehead atoms. The smallest absolute Gasteiger partial charge is 0.336 e. The molecule has 2 amide bonds. The lowest BCUT2D eigenvalue weighted by Gasteiger charge is -2.16. The molecular weight excluding hydrogens is 378 g/mol. The van der Waals surface area contributed by atoms with Gasteiger partial charge in [-0.1, -0.05) is 23.7 Å². The van der Waals surface area contributed by atoms with E-state index in [-0.39, 0.29) is 22.9 Å². The average Bonchev–Trinajstić information content (AvgIpc) is 2.88. The van der Waals surface area contributed by atoms with Crippen LogP contribution in [0.1, 0.15) is 16.8 Å². The van der Waals surface area contributed by atoms with Crippen LogP contribution in [0.15, 0.2) is 47.4 Å². The largest absolute Gasteiger partial charge is 0.495 e. The first-order chi connectivity index (χ1) is 12.4. The van der Waals surface area contributed by atoms with Gasteiger partial charge in [-0.2, -0.15) is 0 Å². The maximum atomic E-state index is 12.7. The van der Waals surface area contributed by atoms with Crippen LogP contribution in [0.2, 0.25) is 5.02 Å². The Labute approximate surface area is 158 Å². The number of rotatable bonds is 5. The number of carboxylic acids is 1. The number of carboxylic acid groups (broad SMARTS) is 1. The molecule has 3 rings (SSSR count). The second-order valence-corrected chi connectivity index (χ2v) is 7.15. The molecule has 1 heterocycles. The van der Waals surface area contributed by atoms with Crippen molar-refractivity contribution >= 4 is 46.8 Å². The molecule has 2 aromatic carbocycles. The van der Waals surface area contributed by atoms with E-state index in [1.807, 2.05) is 0 Å². The lowest BCUT2D eigenvalue weighted by Crippen LogP contribution is -2.31. The van der Waals surface area contributed by atoms with Crippen molar-refractivity contribution in [3.63, 3.8) is 0 Å². The molecule has 6 nitrogen and oxygen atoms in total. The topological polar surface area (TPSA) is 83.9 Å². The molecule has 26 heavy (non-hydrogen) atoms. The van der Waals surface area contributed by atoms with Crippen molar-refractivity contribution in [2.45, 2.75) is 16.6 Å². The van der Waals surface area contributed by atoms with Crippen LogP contribution < -0.4 is 9.64 Å². The zero-order chi connectivity index (χ0) is 18.8. The molecule has 0 unspecified atom stereocenters. The average molecular weight is 392 g/mol. The molecule has 0 aromatic heterocycles. The van der Waals surface area contributed by atoms with Gasteiger partial charge in [0.2, 0.25) is 11.8 Å². The van der Waals surface area contributed by atoms with Gasteiger partial charge in [0, 0.05) is 11.3 Å². The SMILES string of the molecule is COc1ccc(N2C(=O)C[C@@H](Sc3ccccc3C(=O)O)C2=O)cc1Cl. The third-order valence-electron chi connectivity index (χ3n) is 3.89. The number of hydrogen-bond acceptors (Lipinski definition) is 5. The molecule has 134 valence electrons. The van der Waals surface area contributed by atoms with Crippen molar-refractivity contribution in [2.75, 3.05) is 12.0 Å². The molecule has 0 radical (unpaired) electrons. The minimum absolute atomic E-state index is 0.0128. The second kappa shape index (κ2) is 7.39. The molecule has 0 spiro atoms. The molecule has 1 aliphatic heterocycles. The fraction of sp³-hybridized carbons (Fsp3) is 0.167. The van der Waals surface area contributed by atoms with E-state index >= 15 is 0 Å². The summed E-state index contributed by atoms with van der Waals surface area (Å²) in [6.07, 6.45) is -0.0128. The zero-order valence-corrected chi connectivity index (χ0v) is 15.2. The molecule has 0 saturated carbocycles. The van der Waals surface area contributed by atoms with Crippen LogP contribution >= 0.6 is 23.4 Å². The zero-order valence-electron chi connectivity index (χ0n) is 13.6. The van der Waals surface area contributed by atoms with Crippen molar-refractivity contribution in [1.82, 2.24) is 0 Å². The number of carbonyl (C=O) groups is 3. The Morgan fingerprint density at radius 2 is 2.00 bits per heavy atom. The number of ether oxygens (including phenoxy) is 1. The minimum Gasteiger partial charge on any atom is -0.495 e. The van der Waals surface area contributed by atoms with Crippen LogP contribution in [-0.4, -0.2) is 35.2 Å². The fourth-order valence-corrected chi connectivity index (χ4v) is 4.09. The quantitative estimate of drug-likeness (QED) is 0.785. The number of hydrogen-bond donors (Lipinski definition) is 1. The van der Waals surface area contributed by atoms with E-state index in [2.05, 4.69) is 0 Å². The number of nitrogens with zero attached hydrogens (tertiary/aromatic N) is 1. The van der Waals surface area contributed by atoms with Crippen LogP contribution in [0.3, 0.4) is 0 Å².